The molecule has 0 bridgehead atoms. The Morgan fingerprint density at radius 2 is 1.69 bits per heavy atom. The second-order valence-corrected chi connectivity index (χ2v) is 9.33. The van der Waals surface area contributed by atoms with Crippen molar-refractivity contribution in [2.24, 2.45) is 0 Å². The number of rotatable bonds is 6. The van der Waals surface area contributed by atoms with Crippen LogP contribution in [0, 0.1) is 11.6 Å². The van der Waals surface area contributed by atoms with E-state index >= 15 is 0 Å². The number of amides is 2. The minimum Gasteiger partial charge on any atom is -0.432 e. The van der Waals surface area contributed by atoms with Gasteiger partial charge in [0.05, 0.1) is 5.69 Å². The molecule has 0 atom stereocenters. The number of imidazole rings is 1. The number of nitrogens with zero attached hydrogens (tertiary/aromatic N) is 5. The molecule has 4 heterocycles. The molecule has 0 radical (unpaired) electrons. The first kappa shape index (κ1) is 24.5. The molecule has 11 heteroatoms. The molecule has 0 saturated carbocycles. The maximum absolute atomic E-state index is 13.5. The fourth-order valence-corrected chi connectivity index (χ4v) is 4.70. The van der Waals surface area contributed by atoms with E-state index in [1.54, 1.807) is 58.3 Å². The van der Waals surface area contributed by atoms with E-state index in [9.17, 15) is 13.6 Å². The van der Waals surface area contributed by atoms with Crippen molar-refractivity contribution in [3.63, 3.8) is 0 Å². The quantitative estimate of drug-likeness (QED) is 0.317. The number of carbonyl (C=O) groups excluding carboxylic acids is 1. The van der Waals surface area contributed by atoms with Crippen LogP contribution in [0.2, 0.25) is 0 Å². The molecule has 3 aromatic heterocycles. The molecule has 1 aliphatic rings. The zero-order valence-electron chi connectivity index (χ0n) is 20.8. The average molecular weight is 530 g/mol. The van der Waals surface area contributed by atoms with Gasteiger partial charge in [-0.3, -0.25) is 4.40 Å². The van der Waals surface area contributed by atoms with Crippen molar-refractivity contribution >= 4 is 17.8 Å². The lowest BCUT2D eigenvalue weighted by Gasteiger charge is -2.32. The van der Waals surface area contributed by atoms with E-state index in [1.165, 1.54) is 24.3 Å². The Labute approximate surface area is 222 Å². The van der Waals surface area contributed by atoms with E-state index in [2.05, 4.69) is 20.6 Å². The molecule has 1 saturated heterocycles. The number of halogens is 2. The highest BCUT2D eigenvalue weighted by Gasteiger charge is 2.24. The molecule has 0 unspecified atom stereocenters. The number of oxazole rings is 1. The smallest absolute Gasteiger partial charge is 0.317 e. The van der Waals surface area contributed by atoms with Crippen LogP contribution in [0.4, 0.5) is 19.5 Å². The second kappa shape index (κ2) is 10.5. The number of piperidine rings is 1. The number of urea groups is 1. The van der Waals surface area contributed by atoms with Crippen LogP contribution in [0.15, 0.2) is 77.7 Å². The Morgan fingerprint density at radius 1 is 0.974 bits per heavy atom. The van der Waals surface area contributed by atoms with Gasteiger partial charge in [-0.15, -0.1) is 0 Å². The van der Waals surface area contributed by atoms with Gasteiger partial charge in [0.25, 0.3) is 0 Å². The Bertz CT molecular complexity index is 1590. The van der Waals surface area contributed by atoms with Crippen LogP contribution < -0.4 is 10.6 Å². The van der Waals surface area contributed by atoms with Crippen molar-refractivity contribution < 1.29 is 18.0 Å². The fourth-order valence-electron chi connectivity index (χ4n) is 4.70. The third-order valence-electron chi connectivity index (χ3n) is 6.75. The Kier molecular flexibility index (Phi) is 6.62. The maximum Gasteiger partial charge on any atom is 0.317 e. The van der Waals surface area contributed by atoms with E-state index in [4.69, 9.17) is 9.40 Å². The van der Waals surface area contributed by atoms with Gasteiger partial charge in [0.15, 0.2) is 0 Å². The zero-order chi connectivity index (χ0) is 26.8. The molecule has 2 aromatic carbocycles. The Hall–Kier alpha value is -4.80. The topological polar surface area (TPSA) is 101 Å². The van der Waals surface area contributed by atoms with Crippen molar-refractivity contribution in [1.82, 2.24) is 29.6 Å². The molecular weight excluding hydrogens is 504 g/mol. The summed E-state index contributed by atoms with van der Waals surface area (Å²) in [5, 5.41) is 6.29. The summed E-state index contributed by atoms with van der Waals surface area (Å²) in [6.45, 7) is 1.51. The molecule has 6 rings (SSSR count). The minimum atomic E-state index is -0.326. The number of benzene rings is 2. The Morgan fingerprint density at radius 3 is 2.44 bits per heavy atom. The molecule has 39 heavy (non-hydrogen) atoms. The third-order valence-corrected chi connectivity index (χ3v) is 6.75. The van der Waals surface area contributed by atoms with Gasteiger partial charge in [0.1, 0.15) is 29.3 Å². The van der Waals surface area contributed by atoms with E-state index in [-0.39, 0.29) is 23.7 Å². The van der Waals surface area contributed by atoms with Crippen LogP contribution in [0.25, 0.3) is 28.5 Å². The van der Waals surface area contributed by atoms with Gasteiger partial charge in [0.2, 0.25) is 5.95 Å². The summed E-state index contributed by atoms with van der Waals surface area (Å²) in [7, 11) is 0. The molecule has 0 aliphatic carbocycles. The van der Waals surface area contributed by atoms with Gasteiger partial charge in [-0.25, -0.2) is 23.5 Å². The first-order chi connectivity index (χ1) is 19.0. The largest absolute Gasteiger partial charge is 0.432 e. The van der Waals surface area contributed by atoms with Gasteiger partial charge < -0.3 is 20.0 Å². The van der Waals surface area contributed by atoms with Gasteiger partial charge in [-0.05, 0) is 60.9 Å². The van der Waals surface area contributed by atoms with Crippen LogP contribution in [-0.4, -0.2) is 49.4 Å². The average Bonchev–Trinajstić information content (AvgIpc) is 3.55. The number of anilines is 1. The summed E-state index contributed by atoms with van der Waals surface area (Å²) < 4.78 is 33.9. The highest BCUT2D eigenvalue weighted by Crippen LogP contribution is 2.32. The molecule has 9 nitrogen and oxygen atoms in total. The molecule has 1 fully saturated rings. The molecule has 5 aromatic rings. The SMILES string of the molecule is O=C(NCc1ccc(F)cc1)N1CCC(Nc2nccc(-c3c(-c4ccc(F)cc4)nc4occn34)n2)CC1. The normalized spacial score (nSPS) is 14.1. The predicted molar refractivity (Wildman–Crippen MR) is 141 cm³/mol. The highest BCUT2D eigenvalue weighted by atomic mass is 19.1. The fraction of sp³-hybridized carbons (Fsp3) is 0.214. The Balaban J connectivity index is 1.12. The maximum atomic E-state index is 13.5. The molecule has 198 valence electrons. The van der Waals surface area contributed by atoms with Crippen LogP contribution >= 0.6 is 0 Å². The summed E-state index contributed by atoms with van der Waals surface area (Å²) in [6.07, 6.45) is 6.45. The van der Waals surface area contributed by atoms with Crippen molar-refractivity contribution in [2.75, 3.05) is 18.4 Å². The second-order valence-electron chi connectivity index (χ2n) is 9.33. The van der Waals surface area contributed by atoms with E-state index in [0.717, 1.165) is 24.0 Å². The van der Waals surface area contributed by atoms with Crippen molar-refractivity contribution in [2.45, 2.75) is 25.4 Å². The number of aromatic nitrogens is 4. The van der Waals surface area contributed by atoms with Gasteiger partial charge in [-0.1, -0.05) is 12.1 Å². The number of likely N-dealkylation sites (tertiary alicyclic amines) is 1. The monoisotopic (exact) mass is 529 g/mol. The zero-order valence-corrected chi connectivity index (χ0v) is 20.8. The molecule has 2 N–H and O–H groups in total. The molecular formula is C28H25F2N7O2. The summed E-state index contributed by atoms with van der Waals surface area (Å²) in [5.74, 6) is 0.244. The van der Waals surface area contributed by atoms with E-state index in [1.807, 2.05) is 0 Å². The predicted octanol–water partition coefficient (Wildman–Crippen LogP) is 5.12. The lowest BCUT2D eigenvalue weighted by molar-refractivity contribution is 0.183. The number of nitrogens with one attached hydrogen (secondary N) is 2. The number of hydrogen-bond acceptors (Lipinski definition) is 6. The third kappa shape index (κ3) is 5.28. The van der Waals surface area contributed by atoms with Gasteiger partial charge >= 0.3 is 11.9 Å². The minimum absolute atomic E-state index is 0.0948. The van der Waals surface area contributed by atoms with Crippen molar-refractivity contribution in [3.05, 3.63) is 90.5 Å². The van der Waals surface area contributed by atoms with E-state index in [0.29, 0.717) is 48.5 Å². The lowest BCUT2D eigenvalue weighted by Crippen LogP contribution is -2.46. The first-order valence-corrected chi connectivity index (χ1v) is 12.6. The number of hydrogen-bond donors (Lipinski definition) is 2. The summed E-state index contributed by atoms with van der Waals surface area (Å²) in [6, 6.07) is 13.9. The van der Waals surface area contributed by atoms with Crippen molar-refractivity contribution in [3.8, 4) is 22.6 Å². The number of carbonyl (C=O) groups is 1. The van der Waals surface area contributed by atoms with E-state index < -0.39 is 0 Å². The van der Waals surface area contributed by atoms with Crippen LogP contribution in [-0.2, 0) is 6.54 Å². The van der Waals surface area contributed by atoms with Crippen molar-refractivity contribution in [1.29, 1.82) is 0 Å². The summed E-state index contributed by atoms with van der Waals surface area (Å²) >= 11 is 0. The molecule has 2 amide bonds. The van der Waals surface area contributed by atoms with Gasteiger partial charge in [-0.2, -0.15) is 4.98 Å². The lowest BCUT2D eigenvalue weighted by atomic mass is 10.1. The molecule has 0 spiro atoms. The van der Waals surface area contributed by atoms with Crippen LogP contribution in [0.3, 0.4) is 0 Å². The summed E-state index contributed by atoms with van der Waals surface area (Å²) in [5.41, 5.74) is 3.55. The summed E-state index contributed by atoms with van der Waals surface area (Å²) in [4.78, 5) is 28.1. The van der Waals surface area contributed by atoms with Crippen LogP contribution in [0.1, 0.15) is 18.4 Å². The van der Waals surface area contributed by atoms with Gasteiger partial charge in [0, 0.05) is 43.6 Å². The molecule has 1 aliphatic heterocycles. The highest BCUT2D eigenvalue weighted by molar-refractivity contribution is 5.79. The standard InChI is InChI=1S/C28H25F2N7O2/c29-20-5-1-18(2-6-20)17-32-27(38)36-13-10-22(11-14-36)33-26-31-12-9-23(34-26)25-24(19-3-7-21(30)8-4-19)35-28-37(25)15-16-39-28/h1-9,12,15-16,22H,10-11,13-14,17H2,(H,32,38)(H,31,33,34). The van der Waals surface area contributed by atoms with Crippen LogP contribution in [0.5, 0.6) is 0 Å². The first-order valence-electron chi connectivity index (χ1n) is 12.6. The number of fused-ring (bicyclic) bond motifs is 1.